The zero-order valence-corrected chi connectivity index (χ0v) is 18.8. The molecule has 1 saturated carbocycles. The normalized spacial score (nSPS) is 15.4. The van der Waals surface area contributed by atoms with Crippen LogP contribution >= 0.6 is 0 Å². The molecule has 0 radical (unpaired) electrons. The van der Waals surface area contributed by atoms with Crippen LogP contribution in [-0.2, 0) is 4.74 Å². The summed E-state index contributed by atoms with van der Waals surface area (Å²) in [5.41, 5.74) is 0.666. The zero-order valence-electron chi connectivity index (χ0n) is 18.8. The van der Waals surface area contributed by atoms with Gasteiger partial charge in [-0.1, -0.05) is 0 Å². The Morgan fingerprint density at radius 2 is 2.00 bits per heavy atom. The number of pyridine rings is 2. The standard InChI is InChI=1S/C22H28F2N6O4/c1-30(32)17-12-18(34-11-10-33-9-8-31)21(27-16-4-6-22(23,24)7-5-16)29-20(17)28-19-3-2-15(13-25)14-26-19/h2-3,12,14,16,31-32H,4-11H2,1H3,(H2,26,27,28,29). The number of rotatable bonds is 11. The number of halogens is 2. The molecule has 0 bridgehead atoms. The summed E-state index contributed by atoms with van der Waals surface area (Å²) < 4.78 is 38.2. The van der Waals surface area contributed by atoms with Crippen molar-refractivity contribution < 1.29 is 28.6 Å². The van der Waals surface area contributed by atoms with Crippen molar-refractivity contribution >= 4 is 23.1 Å². The molecule has 0 saturated heterocycles. The molecular formula is C22H28F2N6O4. The molecule has 1 aliphatic rings. The van der Waals surface area contributed by atoms with Crippen LogP contribution in [0, 0.1) is 11.3 Å². The third-order valence-corrected chi connectivity index (χ3v) is 5.23. The number of hydrogen-bond acceptors (Lipinski definition) is 10. The predicted molar refractivity (Wildman–Crippen MR) is 121 cm³/mol. The SMILES string of the molecule is CN(O)c1cc(OCCOCCO)c(NC2CCC(F)(F)CC2)nc1Nc1ccc(C#N)cn1. The number of ether oxygens (including phenoxy) is 2. The molecule has 1 aliphatic carbocycles. The molecule has 0 unspecified atom stereocenters. The van der Waals surface area contributed by atoms with Crippen LogP contribution in [0.4, 0.5) is 31.9 Å². The van der Waals surface area contributed by atoms with E-state index in [0.29, 0.717) is 22.9 Å². The molecule has 0 atom stereocenters. The van der Waals surface area contributed by atoms with E-state index in [2.05, 4.69) is 20.6 Å². The van der Waals surface area contributed by atoms with E-state index in [1.54, 1.807) is 18.2 Å². The molecule has 3 rings (SSSR count). The minimum atomic E-state index is -2.66. The summed E-state index contributed by atoms with van der Waals surface area (Å²) in [7, 11) is 1.42. The first kappa shape index (κ1) is 25.4. The Balaban J connectivity index is 1.86. The highest BCUT2D eigenvalue weighted by Crippen LogP contribution is 2.38. The second kappa shape index (κ2) is 11.7. The number of alkyl halides is 2. The first-order chi connectivity index (χ1) is 16.3. The number of aromatic nitrogens is 2. The van der Waals surface area contributed by atoms with E-state index in [1.807, 2.05) is 6.07 Å². The van der Waals surface area contributed by atoms with Gasteiger partial charge in [0.05, 0.1) is 25.4 Å². The molecule has 0 aromatic carbocycles. The monoisotopic (exact) mass is 478 g/mol. The first-order valence-corrected chi connectivity index (χ1v) is 10.9. The average molecular weight is 479 g/mol. The van der Waals surface area contributed by atoms with Crippen LogP contribution in [0.15, 0.2) is 24.4 Å². The van der Waals surface area contributed by atoms with E-state index in [9.17, 15) is 14.0 Å². The van der Waals surface area contributed by atoms with Gasteiger partial charge in [-0.15, -0.1) is 0 Å². The largest absolute Gasteiger partial charge is 0.487 e. The second-order valence-corrected chi connectivity index (χ2v) is 7.85. The van der Waals surface area contributed by atoms with E-state index >= 15 is 0 Å². The molecule has 1 fully saturated rings. The number of aliphatic hydroxyl groups excluding tert-OH is 1. The van der Waals surface area contributed by atoms with Crippen LogP contribution < -0.4 is 20.4 Å². The van der Waals surface area contributed by atoms with Crippen molar-refractivity contribution in [1.29, 1.82) is 5.26 Å². The topological polar surface area (TPSA) is 136 Å². The van der Waals surface area contributed by atoms with E-state index in [1.165, 1.54) is 13.2 Å². The van der Waals surface area contributed by atoms with E-state index in [0.717, 1.165) is 5.06 Å². The van der Waals surface area contributed by atoms with Crippen LogP contribution in [-0.4, -0.2) is 65.7 Å². The van der Waals surface area contributed by atoms with Crippen molar-refractivity contribution in [3.05, 3.63) is 30.0 Å². The van der Waals surface area contributed by atoms with E-state index < -0.39 is 5.92 Å². The Morgan fingerprint density at radius 1 is 1.24 bits per heavy atom. The molecule has 10 nitrogen and oxygen atoms in total. The summed E-state index contributed by atoms with van der Waals surface area (Å²) in [6, 6.07) is 6.51. The molecule has 34 heavy (non-hydrogen) atoms. The Morgan fingerprint density at radius 3 is 2.62 bits per heavy atom. The van der Waals surface area contributed by atoms with E-state index in [4.69, 9.17) is 19.8 Å². The second-order valence-electron chi connectivity index (χ2n) is 7.85. The molecule has 0 aliphatic heterocycles. The summed E-state index contributed by atoms with van der Waals surface area (Å²) in [6.07, 6.45) is 1.52. The quantitative estimate of drug-likeness (QED) is 0.281. The highest BCUT2D eigenvalue weighted by molar-refractivity contribution is 5.75. The first-order valence-electron chi connectivity index (χ1n) is 10.9. The Labute approximate surface area is 196 Å². The van der Waals surface area contributed by atoms with Crippen LogP contribution in [0.2, 0.25) is 0 Å². The van der Waals surface area contributed by atoms with Crippen molar-refractivity contribution in [2.24, 2.45) is 0 Å². The lowest BCUT2D eigenvalue weighted by molar-refractivity contribution is -0.0361. The van der Waals surface area contributed by atoms with E-state index in [-0.39, 0.29) is 69.7 Å². The van der Waals surface area contributed by atoms with Gasteiger partial charge in [-0.25, -0.2) is 18.7 Å². The lowest BCUT2D eigenvalue weighted by Gasteiger charge is -2.30. The molecule has 184 valence electrons. The molecule has 0 amide bonds. The molecule has 0 spiro atoms. The number of nitrogens with one attached hydrogen (secondary N) is 2. The Kier molecular flexibility index (Phi) is 8.75. The van der Waals surface area contributed by atoms with Gasteiger partial charge in [-0.05, 0) is 25.0 Å². The molecule has 2 heterocycles. The van der Waals surface area contributed by atoms with Crippen molar-refractivity contribution in [2.45, 2.75) is 37.6 Å². The van der Waals surface area contributed by atoms with Gasteiger partial charge in [0.15, 0.2) is 17.4 Å². The maximum atomic E-state index is 13.6. The maximum absolute atomic E-state index is 13.6. The molecule has 2 aromatic heterocycles. The Bertz CT molecular complexity index is 975. The lowest BCUT2D eigenvalue weighted by Crippen LogP contribution is -2.32. The van der Waals surface area contributed by atoms with Crippen molar-refractivity contribution in [2.75, 3.05) is 49.2 Å². The number of nitrogens with zero attached hydrogens (tertiary/aromatic N) is 4. The van der Waals surface area contributed by atoms with Crippen molar-refractivity contribution in [3.63, 3.8) is 0 Å². The molecular weight excluding hydrogens is 450 g/mol. The van der Waals surface area contributed by atoms with Gasteiger partial charge in [-0.3, -0.25) is 10.3 Å². The van der Waals surface area contributed by atoms with Crippen LogP contribution in [0.5, 0.6) is 5.75 Å². The van der Waals surface area contributed by atoms with Gasteiger partial charge in [0.25, 0.3) is 0 Å². The maximum Gasteiger partial charge on any atom is 0.248 e. The summed E-state index contributed by atoms with van der Waals surface area (Å²) in [5.74, 6) is -1.40. The number of hydrogen-bond donors (Lipinski definition) is 4. The smallest absolute Gasteiger partial charge is 0.248 e. The van der Waals surface area contributed by atoms with Gasteiger partial charge in [0.1, 0.15) is 24.2 Å². The lowest BCUT2D eigenvalue weighted by atomic mass is 9.92. The average Bonchev–Trinajstić information content (AvgIpc) is 2.81. The third-order valence-electron chi connectivity index (χ3n) is 5.23. The molecule has 12 heteroatoms. The highest BCUT2D eigenvalue weighted by atomic mass is 19.3. The summed E-state index contributed by atoms with van der Waals surface area (Å²) in [4.78, 5) is 8.72. The summed E-state index contributed by atoms with van der Waals surface area (Å²) in [5, 5.41) is 35.0. The number of nitriles is 1. The number of anilines is 4. The zero-order chi connectivity index (χ0) is 24.6. The minimum Gasteiger partial charge on any atom is -0.487 e. The molecule has 4 N–H and O–H groups in total. The highest BCUT2D eigenvalue weighted by Gasteiger charge is 2.35. The number of hydroxylamine groups is 1. The Hall–Kier alpha value is -3.27. The summed E-state index contributed by atoms with van der Waals surface area (Å²) in [6.45, 7) is 0.435. The van der Waals surface area contributed by atoms with Crippen LogP contribution in [0.1, 0.15) is 31.2 Å². The van der Waals surface area contributed by atoms with Gasteiger partial charge in [-0.2, -0.15) is 5.26 Å². The van der Waals surface area contributed by atoms with Crippen molar-refractivity contribution in [3.8, 4) is 11.8 Å². The molecule has 2 aromatic rings. The fourth-order valence-electron chi connectivity index (χ4n) is 3.45. The van der Waals surface area contributed by atoms with Crippen molar-refractivity contribution in [1.82, 2.24) is 9.97 Å². The fraction of sp³-hybridized carbons (Fsp3) is 0.500. The van der Waals surface area contributed by atoms with Gasteiger partial charge in [0, 0.05) is 38.2 Å². The van der Waals surface area contributed by atoms with Crippen LogP contribution in [0.25, 0.3) is 0 Å². The van der Waals surface area contributed by atoms with Gasteiger partial charge >= 0.3 is 0 Å². The van der Waals surface area contributed by atoms with Crippen LogP contribution in [0.3, 0.4) is 0 Å². The minimum absolute atomic E-state index is 0.107. The van der Waals surface area contributed by atoms with Gasteiger partial charge in [0.2, 0.25) is 5.92 Å². The third kappa shape index (κ3) is 7.11. The fourth-order valence-corrected chi connectivity index (χ4v) is 3.45. The van der Waals surface area contributed by atoms with Gasteiger partial charge < -0.3 is 25.2 Å². The summed E-state index contributed by atoms with van der Waals surface area (Å²) >= 11 is 0. The number of aliphatic hydroxyl groups is 1. The predicted octanol–water partition coefficient (Wildman–Crippen LogP) is 3.29.